The number of halogens is 2. The van der Waals surface area contributed by atoms with Gasteiger partial charge in [0.15, 0.2) is 11.5 Å². The molecule has 1 heterocycles. The molecule has 21 heavy (non-hydrogen) atoms. The van der Waals surface area contributed by atoms with Crippen LogP contribution in [0, 0.1) is 5.82 Å². The van der Waals surface area contributed by atoms with Crippen molar-refractivity contribution in [1.82, 2.24) is 5.43 Å². The second-order valence-electron chi connectivity index (χ2n) is 4.67. The molecule has 0 aromatic heterocycles. The molecular formula is C15H14BrFN2O2. The van der Waals surface area contributed by atoms with Crippen LogP contribution >= 0.6 is 15.9 Å². The Morgan fingerprint density at radius 1 is 1.10 bits per heavy atom. The number of rotatable bonds is 3. The van der Waals surface area contributed by atoms with Crippen molar-refractivity contribution >= 4 is 15.9 Å². The molecule has 2 aromatic rings. The number of ether oxygens (including phenoxy) is 2. The first-order valence-electron chi connectivity index (χ1n) is 6.49. The third-order valence-corrected chi connectivity index (χ3v) is 3.83. The Bertz CT molecular complexity index is 666. The Hall–Kier alpha value is -1.63. The zero-order valence-corrected chi connectivity index (χ0v) is 12.7. The zero-order valence-electron chi connectivity index (χ0n) is 11.1. The minimum atomic E-state index is -0.474. The van der Waals surface area contributed by atoms with Crippen molar-refractivity contribution in [2.24, 2.45) is 5.84 Å². The van der Waals surface area contributed by atoms with Gasteiger partial charge in [-0.1, -0.05) is 22.0 Å². The summed E-state index contributed by atoms with van der Waals surface area (Å²) in [5.41, 5.74) is 3.92. The van der Waals surface area contributed by atoms with Gasteiger partial charge in [-0.05, 0) is 35.9 Å². The third kappa shape index (κ3) is 2.88. The van der Waals surface area contributed by atoms with Gasteiger partial charge in [0.05, 0.1) is 6.04 Å². The summed E-state index contributed by atoms with van der Waals surface area (Å²) in [5, 5.41) is 0. The van der Waals surface area contributed by atoms with Crippen LogP contribution in [0.25, 0.3) is 0 Å². The van der Waals surface area contributed by atoms with Gasteiger partial charge in [0.2, 0.25) is 0 Å². The van der Waals surface area contributed by atoms with Crippen molar-refractivity contribution in [1.29, 1.82) is 0 Å². The van der Waals surface area contributed by atoms with E-state index in [2.05, 4.69) is 21.4 Å². The number of nitrogens with two attached hydrogens (primary N) is 1. The first-order valence-corrected chi connectivity index (χ1v) is 7.29. The molecule has 0 saturated heterocycles. The number of hydrazine groups is 1. The summed E-state index contributed by atoms with van der Waals surface area (Å²) in [5.74, 6) is 6.64. The molecule has 2 aromatic carbocycles. The highest BCUT2D eigenvalue weighted by Gasteiger charge is 2.20. The Balaban J connectivity index is 2.01. The van der Waals surface area contributed by atoms with E-state index >= 15 is 0 Å². The molecule has 6 heteroatoms. The van der Waals surface area contributed by atoms with Crippen molar-refractivity contribution in [2.75, 3.05) is 13.2 Å². The minimum absolute atomic E-state index is 0.323. The lowest BCUT2D eigenvalue weighted by atomic mass is 9.98. The monoisotopic (exact) mass is 352 g/mol. The van der Waals surface area contributed by atoms with Gasteiger partial charge in [-0.25, -0.2) is 9.82 Å². The van der Waals surface area contributed by atoms with E-state index in [4.69, 9.17) is 15.3 Å². The van der Waals surface area contributed by atoms with E-state index < -0.39 is 6.04 Å². The van der Waals surface area contributed by atoms with Crippen LogP contribution in [0.1, 0.15) is 17.2 Å². The summed E-state index contributed by atoms with van der Waals surface area (Å²) in [6.45, 7) is 1.04. The van der Waals surface area contributed by atoms with Crippen molar-refractivity contribution in [3.8, 4) is 11.5 Å². The molecule has 3 N–H and O–H groups in total. The Labute approximate surface area is 130 Å². The lowest BCUT2D eigenvalue weighted by Crippen LogP contribution is -2.29. The number of hydrogen-bond acceptors (Lipinski definition) is 4. The highest BCUT2D eigenvalue weighted by Crippen LogP contribution is 2.35. The number of benzene rings is 2. The first-order chi connectivity index (χ1) is 10.2. The maximum Gasteiger partial charge on any atom is 0.161 e. The van der Waals surface area contributed by atoms with Gasteiger partial charge in [-0.3, -0.25) is 5.84 Å². The highest BCUT2D eigenvalue weighted by molar-refractivity contribution is 9.10. The van der Waals surface area contributed by atoms with Crippen molar-refractivity contribution in [3.63, 3.8) is 0 Å². The molecule has 0 amide bonds. The van der Waals surface area contributed by atoms with Crippen LogP contribution in [0.4, 0.5) is 4.39 Å². The summed E-state index contributed by atoms with van der Waals surface area (Å²) in [6.07, 6.45) is 0. The van der Waals surface area contributed by atoms with Gasteiger partial charge >= 0.3 is 0 Å². The van der Waals surface area contributed by atoms with Crippen LogP contribution in [-0.4, -0.2) is 13.2 Å². The van der Waals surface area contributed by atoms with Crippen molar-refractivity contribution < 1.29 is 13.9 Å². The predicted octanol–water partition coefficient (Wildman–Crippen LogP) is 2.91. The van der Waals surface area contributed by atoms with Crippen LogP contribution in [0.2, 0.25) is 0 Å². The lowest BCUT2D eigenvalue weighted by Gasteiger charge is -2.22. The largest absolute Gasteiger partial charge is 0.486 e. The first kappa shape index (κ1) is 14.3. The zero-order chi connectivity index (χ0) is 14.8. The van der Waals surface area contributed by atoms with Gasteiger partial charge < -0.3 is 9.47 Å². The molecule has 1 aliphatic heterocycles. The van der Waals surface area contributed by atoms with Crippen LogP contribution in [0.3, 0.4) is 0 Å². The average molecular weight is 353 g/mol. The molecule has 1 unspecified atom stereocenters. The maximum atomic E-state index is 14.1. The number of fused-ring (bicyclic) bond motifs is 1. The summed E-state index contributed by atoms with van der Waals surface area (Å²) >= 11 is 3.35. The third-order valence-electron chi connectivity index (χ3n) is 3.34. The SMILES string of the molecule is NNC(c1ccc2c(c1)OCCO2)c1cc(Br)ccc1F. The van der Waals surface area contributed by atoms with Gasteiger partial charge in [0, 0.05) is 10.0 Å². The van der Waals surface area contributed by atoms with Gasteiger partial charge in [-0.2, -0.15) is 0 Å². The van der Waals surface area contributed by atoms with Crippen LogP contribution < -0.4 is 20.7 Å². The fraction of sp³-hybridized carbons (Fsp3) is 0.200. The van der Waals surface area contributed by atoms with E-state index in [1.54, 1.807) is 12.1 Å². The standard InChI is InChI=1S/C15H14BrFN2O2/c16-10-2-3-12(17)11(8-10)15(19-18)9-1-4-13-14(7-9)21-6-5-20-13/h1-4,7-8,15,19H,5-6,18H2. The molecule has 1 aliphatic rings. The fourth-order valence-corrected chi connectivity index (χ4v) is 2.72. The van der Waals surface area contributed by atoms with Gasteiger partial charge in [0.25, 0.3) is 0 Å². The molecular weight excluding hydrogens is 339 g/mol. The number of hydrogen-bond donors (Lipinski definition) is 2. The Morgan fingerprint density at radius 2 is 1.86 bits per heavy atom. The van der Waals surface area contributed by atoms with E-state index in [0.717, 1.165) is 10.0 Å². The molecule has 4 nitrogen and oxygen atoms in total. The fourth-order valence-electron chi connectivity index (χ4n) is 2.34. The van der Waals surface area contributed by atoms with Crippen LogP contribution in [-0.2, 0) is 0 Å². The minimum Gasteiger partial charge on any atom is -0.486 e. The van der Waals surface area contributed by atoms with E-state index in [9.17, 15) is 4.39 Å². The molecule has 0 spiro atoms. The predicted molar refractivity (Wildman–Crippen MR) is 80.7 cm³/mol. The Morgan fingerprint density at radius 3 is 2.62 bits per heavy atom. The summed E-state index contributed by atoms with van der Waals surface area (Å²) in [6, 6.07) is 9.76. The molecule has 3 rings (SSSR count). The molecule has 0 aliphatic carbocycles. The second-order valence-corrected chi connectivity index (χ2v) is 5.58. The van der Waals surface area contributed by atoms with Crippen molar-refractivity contribution in [3.05, 3.63) is 57.8 Å². The van der Waals surface area contributed by atoms with E-state index in [0.29, 0.717) is 30.3 Å². The van der Waals surface area contributed by atoms with E-state index in [-0.39, 0.29) is 5.82 Å². The van der Waals surface area contributed by atoms with Crippen molar-refractivity contribution in [2.45, 2.75) is 6.04 Å². The molecule has 110 valence electrons. The molecule has 0 fully saturated rings. The summed E-state index contributed by atoms with van der Waals surface area (Å²) in [7, 11) is 0. The van der Waals surface area contributed by atoms with Gasteiger partial charge in [0.1, 0.15) is 19.0 Å². The highest BCUT2D eigenvalue weighted by atomic mass is 79.9. The van der Waals surface area contributed by atoms with E-state index in [1.165, 1.54) is 6.07 Å². The van der Waals surface area contributed by atoms with Gasteiger partial charge in [-0.15, -0.1) is 0 Å². The topological polar surface area (TPSA) is 56.5 Å². The molecule has 0 bridgehead atoms. The summed E-state index contributed by atoms with van der Waals surface area (Å²) < 4.78 is 25.9. The molecule has 0 saturated carbocycles. The number of nitrogens with one attached hydrogen (secondary N) is 1. The van der Waals surface area contributed by atoms with Crippen LogP contribution in [0.15, 0.2) is 40.9 Å². The Kier molecular flexibility index (Phi) is 4.10. The average Bonchev–Trinajstić information content (AvgIpc) is 2.51. The van der Waals surface area contributed by atoms with Crippen LogP contribution in [0.5, 0.6) is 11.5 Å². The second kappa shape index (κ2) is 6.01. The quantitative estimate of drug-likeness (QED) is 0.658. The smallest absolute Gasteiger partial charge is 0.161 e. The molecule has 0 radical (unpaired) electrons. The normalized spacial score (nSPS) is 14.8. The van der Waals surface area contributed by atoms with E-state index in [1.807, 2.05) is 18.2 Å². The molecule has 1 atom stereocenters. The summed E-state index contributed by atoms with van der Waals surface area (Å²) in [4.78, 5) is 0. The maximum absolute atomic E-state index is 14.1. The lowest BCUT2D eigenvalue weighted by molar-refractivity contribution is 0.171.